The first-order valence-electron chi connectivity index (χ1n) is 7.49. The largest absolute Gasteiger partial charge is 0.481 e. The molecule has 2 atom stereocenters. The Kier molecular flexibility index (Phi) is 5.82. The standard InChI is InChI=1S/C16H18F3NO4/c17-16(18,19)9-24-8-11-3-1-10(2-4-11)7-20-14(21)12-5-6-13(12)15(22)23/h1-4,12-13H,5-9H2,(H,20,21)(H,22,23). The van der Waals surface area contributed by atoms with Gasteiger partial charge in [-0.15, -0.1) is 0 Å². The van der Waals surface area contributed by atoms with Crippen molar-refractivity contribution >= 4 is 11.9 Å². The van der Waals surface area contributed by atoms with Gasteiger partial charge in [-0.1, -0.05) is 24.3 Å². The number of hydrogen-bond acceptors (Lipinski definition) is 3. The van der Waals surface area contributed by atoms with E-state index in [9.17, 15) is 22.8 Å². The van der Waals surface area contributed by atoms with Gasteiger partial charge in [0.05, 0.1) is 18.4 Å². The molecule has 2 N–H and O–H groups in total. The number of benzene rings is 1. The minimum atomic E-state index is -4.35. The summed E-state index contributed by atoms with van der Waals surface area (Å²) in [5.74, 6) is -2.34. The monoisotopic (exact) mass is 345 g/mol. The molecule has 2 rings (SSSR count). The lowest BCUT2D eigenvalue weighted by atomic mass is 9.73. The van der Waals surface area contributed by atoms with Crippen LogP contribution in [0.4, 0.5) is 13.2 Å². The smallest absolute Gasteiger partial charge is 0.411 e. The fourth-order valence-corrected chi connectivity index (χ4v) is 2.47. The molecule has 1 aromatic rings. The number of carbonyl (C=O) groups excluding carboxylic acids is 1. The third-order valence-electron chi connectivity index (χ3n) is 3.95. The number of alkyl halides is 3. The highest BCUT2D eigenvalue weighted by atomic mass is 19.4. The Bertz CT molecular complexity index is 586. The number of hydrogen-bond donors (Lipinski definition) is 2. The van der Waals surface area contributed by atoms with Crippen LogP contribution in [0.1, 0.15) is 24.0 Å². The van der Waals surface area contributed by atoms with Crippen molar-refractivity contribution in [3.63, 3.8) is 0 Å². The zero-order chi connectivity index (χ0) is 17.7. The van der Waals surface area contributed by atoms with Gasteiger partial charge in [0.1, 0.15) is 6.61 Å². The van der Waals surface area contributed by atoms with Crippen molar-refractivity contribution in [1.82, 2.24) is 5.32 Å². The van der Waals surface area contributed by atoms with Crippen molar-refractivity contribution in [2.45, 2.75) is 32.2 Å². The van der Waals surface area contributed by atoms with E-state index in [1.54, 1.807) is 24.3 Å². The lowest BCUT2D eigenvalue weighted by Gasteiger charge is -2.31. The molecule has 0 spiro atoms. The van der Waals surface area contributed by atoms with Crippen LogP contribution in [0, 0.1) is 11.8 Å². The summed E-state index contributed by atoms with van der Waals surface area (Å²) >= 11 is 0. The number of carboxylic acid groups (broad SMARTS) is 1. The van der Waals surface area contributed by atoms with E-state index < -0.39 is 30.6 Å². The number of aliphatic carboxylic acids is 1. The predicted molar refractivity (Wildman–Crippen MR) is 77.8 cm³/mol. The minimum absolute atomic E-state index is 0.144. The molecule has 0 radical (unpaired) electrons. The molecule has 132 valence electrons. The molecule has 1 aliphatic rings. The fraction of sp³-hybridized carbons (Fsp3) is 0.500. The van der Waals surface area contributed by atoms with Gasteiger partial charge in [0, 0.05) is 6.54 Å². The van der Waals surface area contributed by atoms with Crippen molar-refractivity contribution in [1.29, 1.82) is 0 Å². The van der Waals surface area contributed by atoms with E-state index in [1.165, 1.54) is 0 Å². The molecular formula is C16H18F3NO4. The Morgan fingerprint density at radius 1 is 1.12 bits per heavy atom. The quantitative estimate of drug-likeness (QED) is 0.796. The van der Waals surface area contributed by atoms with E-state index >= 15 is 0 Å². The fourth-order valence-electron chi connectivity index (χ4n) is 2.47. The molecule has 1 amide bonds. The Morgan fingerprint density at radius 2 is 1.71 bits per heavy atom. The van der Waals surface area contributed by atoms with Crippen molar-refractivity contribution in [3.8, 4) is 0 Å². The Labute approximate surface area is 136 Å². The highest BCUT2D eigenvalue weighted by Gasteiger charge is 2.41. The van der Waals surface area contributed by atoms with Crippen LogP contribution in [0.2, 0.25) is 0 Å². The molecular weight excluding hydrogens is 327 g/mol. The van der Waals surface area contributed by atoms with Crippen LogP contribution in [0.15, 0.2) is 24.3 Å². The number of rotatable bonds is 7. The molecule has 1 fully saturated rings. The zero-order valence-electron chi connectivity index (χ0n) is 12.8. The summed E-state index contributed by atoms with van der Waals surface area (Å²) in [7, 11) is 0. The normalized spacial score (nSPS) is 20.3. The summed E-state index contributed by atoms with van der Waals surface area (Å²) in [5, 5.41) is 11.6. The van der Waals surface area contributed by atoms with Crippen LogP contribution < -0.4 is 5.32 Å². The third-order valence-corrected chi connectivity index (χ3v) is 3.95. The Balaban J connectivity index is 1.75. The van der Waals surface area contributed by atoms with Gasteiger partial charge >= 0.3 is 12.1 Å². The molecule has 0 saturated heterocycles. The summed E-state index contributed by atoms with van der Waals surface area (Å²) in [6.45, 7) is -1.20. The van der Waals surface area contributed by atoms with Crippen LogP contribution in [0.5, 0.6) is 0 Å². The first kappa shape index (κ1) is 18.3. The number of carbonyl (C=O) groups is 2. The van der Waals surface area contributed by atoms with E-state index in [1.807, 2.05) is 0 Å². The molecule has 24 heavy (non-hydrogen) atoms. The number of nitrogens with one attached hydrogen (secondary N) is 1. The summed E-state index contributed by atoms with van der Waals surface area (Å²) in [5.41, 5.74) is 1.37. The van der Waals surface area contributed by atoms with E-state index in [2.05, 4.69) is 10.1 Å². The maximum atomic E-state index is 12.0. The van der Waals surface area contributed by atoms with Crippen molar-refractivity contribution < 1.29 is 32.6 Å². The Morgan fingerprint density at radius 3 is 2.21 bits per heavy atom. The lowest BCUT2D eigenvalue weighted by Crippen LogP contribution is -2.43. The molecule has 2 unspecified atom stereocenters. The van der Waals surface area contributed by atoms with E-state index in [-0.39, 0.29) is 19.1 Å². The summed E-state index contributed by atoms with van der Waals surface area (Å²) in [6, 6.07) is 6.62. The summed E-state index contributed by atoms with van der Waals surface area (Å²) < 4.78 is 40.5. The molecule has 0 aromatic heterocycles. The number of amides is 1. The highest BCUT2D eigenvalue weighted by molar-refractivity contribution is 5.86. The van der Waals surface area contributed by atoms with Gasteiger partial charge in [-0.2, -0.15) is 13.2 Å². The molecule has 0 heterocycles. The SMILES string of the molecule is O=C(O)C1CCC1C(=O)NCc1ccc(COCC(F)(F)F)cc1. The lowest BCUT2D eigenvalue weighted by molar-refractivity contribution is -0.176. The Hall–Kier alpha value is -2.09. The van der Waals surface area contributed by atoms with Crippen LogP contribution in [-0.2, 0) is 27.5 Å². The molecule has 8 heteroatoms. The summed E-state index contributed by atoms with van der Waals surface area (Å²) in [4.78, 5) is 22.8. The van der Waals surface area contributed by atoms with E-state index in [4.69, 9.17) is 5.11 Å². The molecule has 5 nitrogen and oxygen atoms in total. The average Bonchev–Trinajstić information content (AvgIpc) is 2.43. The molecule has 1 aliphatic carbocycles. The first-order chi connectivity index (χ1) is 11.3. The second kappa shape index (κ2) is 7.65. The second-order valence-corrected chi connectivity index (χ2v) is 5.77. The predicted octanol–water partition coefficient (Wildman–Crippen LogP) is 2.49. The molecule has 0 aliphatic heterocycles. The van der Waals surface area contributed by atoms with Gasteiger partial charge in [0.2, 0.25) is 5.91 Å². The second-order valence-electron chi connectivity index (χ2n) is 5.77. The van der Waals surface area contributed by atoms with E-state index in [0.717, 1.165) is 5.56 Å². The van der Waals surface area contributed by atoms with Crippen molar-refractivity contribution in [2.75, 3.05) is 6.61 Å². The maximum Gasteiger partial charge on any atom is 0.411 e. The van der Waals surface area contributed by atoms with Crippen LogP contribution in [0.3, 0.4) is 0 Å². The molecule has 0 bridgehead atoms. The third kappa shape index (κ3) is 5.23. The van der Waals surface area contributed by atoms with Crippen LogP contribution in [-0.4, -0.2) is 29.8 Å². The minimum Gasteiger partial charge on any atom is -0.481 e. The number of carboxylic acids is 1. The van der Waals surface area contributed by atoms with Crippen LogP contribution in [0.25, 0.3) is 0 Å². The van der Waals surface area contributed by atoms with Gasteiger partial charge in [0.15, 0.2) is 0 Å². The average molecular weight is 345 g/mol. The van der Waals surface area contributed by atoms with E-state index in [0.29, 0.717) is 18.4 Å². The molecule has 1 aromatic carbocycles. The van der Waals surface area contributed by atoms with Gasteiger partial charge < -0.3 is 15.2 Å². The van der Waals surface area contributed by atoms with Gasteiger partial charge in [-0.05, 0) is 24.0 Å². The van der Waals surface area contributed by atoms with Gasteiger partial charge in [0.25, 0.3) is 0 Å². The van der Waals surface area contributed by atoms with Crippen molar-refractivity contribution in [3.05, 3.63) is 35.4 Å². The molecule has 1 saturated carbocycles. The summed E-state index contributed by atoms with van der Waals surface area (Å²) in [6.07, 6.45) is -3.27. The highest BCUT2D eigenvalue weighted by Crippen LogP contribution is 2.34. The first-order valence-corrected chi connectivity index (χ1v) is 7.49. The zero-order valence-corrected chi connectivity index (χ0v) is 12.8. The number of ether oxygens (including phenoxy) is 1. The number of halogens is 3. The maximum absolute atomic E-state index is 12.0. The van der Waals surface area contributed by atoms with Gasteiger partial charge in [-0.25, -0.2) is 0 Å². The van der Waals surface area contributed by atoms with Crippen molar-refractivity contribution in [2.24, 2.45) is 11.8 Å². The van der Waals surface area contributed by atoms with Gasteiger partial charge in [-0.3, -0.25) is 9.59 Å². The van der Waals surface area contributed by atoms with Crippen LogP contribution >= 0.6 is 0 Å². The topological polar surface area (TPSA) is 75.6 Å².